The standard InChI is InChI=1S/C23H25ClN6O3/c24-18-10-4-9-17(14-18)21-20(19(28-23(32)29-21)15-33-13-12-27-30-25)22(31)26-11-5-8-16-6-2-1-3-7-16/h1-4,6-7,9-10,14,20-21H,5,8,11-13,15H2,(H,26,31)(H,29,32). The van der Waals surface area contributed by atoms with Crippen LogP contribution in [-0.2, 0) is 16.0 Å². The first-order valence-corrected chi connectivity index (χ1v) is 11.0. The van der Waals surface area contributed by atoms with Crippen LogP contribution in [0.2, 0.25) is 5.02 Å². The number of carbonyl (C=O) groups excluding carboxylic acids is 2. The van der Waals surface area contributed by atoms with E-state index in [-0.39, 0.29) is 25.7 Å². The molecule has 2 aromatic rings. The minimum atomic E-state index is -0.766. The maximum absolute atomic E-state index is 13.2. The fourth-order valence-electron chi connectivity index (χ4n) is 3.63. The van der Waals surface area contributed by atoms with Crippen LogP contribution in [0.3, 0.4) is 0 Å². The van der Waals surface area contributed by atoms with Crippen LogP contribution < -0.4 is 10.6 Å². The lowest BCUT2D eigenvalue weighted by molar-refractivity contribution is -0.123. The average Bonchev–Trinajstić information content (AvgIpc) is 2.82. The Balaban J connectivity index is 1.72. The van der Waals surface area contributed by atoms with E-state index in [2.05, 4.69) is 25.7 Å². The minimum absolute atomic E-state index is 0.0342. The molecule has 2 aromatic carbocycles. The molecular weight excluding hydrogens is 444 g/mol. The predicted octanol–water partition coefficient (Wildman–Crippen LogP) is 4.24. The Kier molecular flexibility index (Phi) is 9.26. The SMILES string of the molecule is [N-]=[N+]=NCCOCC1=NC(=O)NC(c2cccc(Cl)c2)C1C(=O)NCCCc1ccccc1. The van der Waals surface area contributed by atoms with Crippen LogP contribution in [0.4, 0.5) is 4.79 Å². The van der Waals surface area contributed by atoms with Gasteiger partial charge in [0.05, 0.1) is 25.0 Å². The number of hydrogen-bond donors (Lipinski definition) is 2. The Morgan fingerprint density at radius 3 is 2.82 bits per heavy atom. The lowest BCUT2D eigenvalue weighted by Gasteiger charge is -2.31. The second-order valence-corrected chi connectivity index (χ2v) is 7.89. The summed E-state index contributed by atoms with van der Waals surface area (Å²) in [4.78, 5) is 32.2. The molecule has 0 spiro atoms. The molecular formula is C23H25ClN6O3. The van der Waals surface area contributed by atoms with Crippen molar-refractivity contribution in [2.75, 3.05) is 26.3 Å². The molecule has 0 saturated carbocycles. The van der Waals surface area contributed by atoms with Crippen LogP contribution in [0, 0.1) is 5.92 Å². The Bertz CT molecular complexity index is 1040. The summed E-state index contributed by atoms with van der Waals surface area (Å²) in [6.07, 6.45) is 1.61. The zero-order valence-electron chi connectivity index (χ0n) is 18.0. The lowest BCUT2D eigenvalue weighted by atomic mass is 9.87. The Morgan fingerprint density at radius 1 is 1.24 bits per heavy atom. The van der Waals surface area contributed by atoms with Crippen LogP contribution in [0.25, 0.3) is 10.4 Å². The molecule has 2 atom stereocenters. The molecule has 10 heteroatoms. The van der Waals surface area contributed by atoms with Crippen molar-refractivity contribution in [1.82, 2.24) is 10.6 Å². The number of aliphatic imine (C=N–C) groups is 1. The van der Waals surface area contributed by atoms with E-state index < -0.39 is 18.0 Å². The molecule has 2 N–H and O–H groups in total. The van der Waals surface area contributed by atoms with Gasteiger partial charge in [0, 0.05) is 23.0 Å². The lowest BCUT2D eigenvalue weighted by Crippen LogP contribution is -2.49. The number of nitrogens with zero attached hydrogens (tertiary/aromatic N) is 4. The fourth-order valence-corrected chi connectivity index (χ4v) is 3.83. The largest absolute Gasteiger partial charge is 0.375 e. The van der Waals surface area contributed by atoms with Gasteiger partial charge < -0.3 is 15.4 Å². The smallest absolute Gasteiger partial charge is 0.341 e. The zero-order valence-corrected chi connectivity index (χ0v) is 18.7. The maximum atomic E-state index is 13.2. The molecule has 1 heterocycles. The molecule has 33 heavy (non-hydrogen) atoms. The molecule has 0 saturated heterocycles. The number of aryl methyl sites for hydroxylation is 1. The second-order valence-electron chi connectivity index (χ2n) is 7.45. The minimum Gasteiger partial charge on any atom is -0.375 e. The van der Waals surface area contributed by atoms with E-state index in [4.69, 9.17) is 21.9 Å². The summed E-state index contributed by atoms with van der Waals surface area (Å²) in [6, 6.07) is 15.8. The van der Waals surface area contributed by atoms with Crippen molar-refractivity contribution in [3.05, 3.63) is 81.2 Å². The van der Waals surface area contributed by atoms with Gasteiger partial charge in [0.15, 0.2) is 0 Å². The normalized spacial score (nSPS) is 17.5. The van der Waals surface area contributed by atoms with E-state index in [0.717, 1.165) is 12.8 Å². The highest BCUT2D eigenvalue weighted by molar-refractivity contribution is 6.30. The first-order chi connectivity index (χ1) is 16.1. The third kappa shape index (κ3) is 7.32. The van der Waals surface area contributed by atoms with Crippen molar-refractivity contribution in [3.8, 4) is 0 Å². The molecule has 1 aliphatic heterocycles. The average molecular weight is 469 g/mol. The van der Waals surface area contributed by atoms with Crippen molar-refractivity contribution in [3.63, 3.8) is 0 Å². The van der Waals surface area contributed by atoms with Gasteiger partial charge in [-0.2, -0.15) is 4.99 Å². The highest BCUT2D eigenvalue weighted by Gasteiger charge is 2.38. The summed E-state index contributed by atoms with van der Waals surface area (Å²) in [5.74, 6) is -1.03. The number of urea groups is 1. The molecule has 0 fully saturated rings. The van der Waals surface area contributed by atoms with Gasteiger partial charge in [-0.3, -0.25) is 4.79 Å². The van der Waals surface area contributed by atoms with Gasteiger partial charge >= 0.3 is 6.03 Å². The predicted molar refractivity (Wildman–Crippen MR) is 126 cm³/mol. The highest BCUT2D eigenvalue weighted by atomic mass is 35.5. The maximum Gasteiger partial charge on any atom is 0.341 e. The Labute approximate surface area is 196 Å². The third-order valence-corrected chi connectivity index (χ3v) is 5.37. The molecule has 3 rings (SSSR count). The molecule has 3 amide bonds. The number of halogens is 1. The first-order valence-electron chi connectivity index (χ1n) is 10.6. The number of amides is 3. The van der Waals surface area contributed by atoms with Gasteiger partial charge in [-0.1, -0.05) is 59.2 Å². The topological polar surface area (TPSA) is 129 Å². The van der Waals surface area contributed by atoms with Crippen molar-refractivity contribution in [2.45, 2.75) is 18.9 Å². The first kappa shape index (κ1) is 24.3. The van der Waals surface area contributed by atoms with Gasteiger partial charge in [0.25, 0.3) is 0 Å². The van der Waals surface area contributed by atoms with Crippen molar-refractivity contribution >= 4 is 29.3 Å². The van der Waals surface area contributed by atoms with E-state index in [1.54, 1.807) is 24.3 Å². The van der Waals surface area contributed by atoms with Gasteiger partial charge in [0.1, 0.15) is 5.92 Å². The summed E-state index contributed by atoms with van der Waals surface area (Å²) in [6.45, 7) is 0.737. The van der Waals surface area contributed by atoms with E-state index in [9.17, 15) is 9.59 Å². The third-order valence-electron chi connectivity index (χ3n) is 5.14. The quantitative estimate of drug-likeness (QED) is 0.221. The summed E-state index contributed by atoms with van der Waals surface area (Å²) in [7, 11) is 0. The number of benzene rings is 2. The number of hydrogen-bond acceptors (Lipinski definition) is 4. The van der Waals surface area contributed by atoms with E-state index >= 15 is 0 Å². The van der Waals surface area contributed by atoms with Crippen molar-refractivity contribution < 1.29 is 14.3 Å². The number of nitrogens with one attached hydrogen (secondary N) is 2. The molecule has 0 bridgehead atoms. The van der Waals surface area contributed by atoms with Gasteiger partial charge in [-0.25, -0.2) is 4.79 Å². The Hall–Kier alpha value is -3.39. The molecule has 0 radical (unpaired) electrons. The molecule has 172 valence electrons. The summed E-state index contributed by atoms with van der Waals surface area (Å²) in [5.41, 5.74) is 10.6. The zero-order chi connectivity index (χ0) is 23.5. The summed E-state index contributed by atoms with van der Waals surface area (Å²) in [5, 5.41) is 9.66. The van der Waals surface area contributed by atoms with Gasteiger partial charge in [0.2, 0.25) is 5.91 Å². The molecule has 1 aliphatic rings. The van der Waals surface area contributed by atoms with Crippen LogP contribution in [0.5, 0.6) is 0 Å². The Morgan fingerprint density at radius 2 is 2.06 bits per heavy atom. The summed E-state index contributed by atoms with van der Waals surface area (Å²) < 4.78 is 5.51. The van der Waals surface area contributed by atoms with Crippen LogP contribution in [0.1, 0.15) is 23.6 Å². The molecule has 9 nitrogen and oxygen atoms in total. The van der Waals surface area contributed by atoms with Crippen LogP contribution in [0.15, 0.2) is 64.7 Å². The number of rotatable bonds is 11. The van der Waals surface area contributed by atoms with E-state index in [0.29, 0.717) is 22.8 Å². The number of carbonyl (C=O) groups is 2. The van der Waals surface area contributed by atoms with Gasteiger partial charge in [-0.15, -0.1) is 0 Å². The van der Waals surface area contributed by atoms with Crippen LogP contribution >= 0.6 is 11.6 Å². The van der Waals surface area contributed by atoms with Crippen molar-refractivity contribution in [1.29, 1.82) is 0 Å². The number of ether oxygens (including phenoxy) is 1. The van der Waals surface area contributed by atoms with Gasteiger partial charge in [-0.05, 0) is 41.6 Å². The fraction of sp³-hybridized carbons (Fsp3) is 0.348. The molecule has 2 unspecified atom stereocenters. The van der Waals surface area contributed by atoms with Crippen LogP contribution in [-0.4, -0.2) is 44.0 Å². The highest BCUT2D eigenvalue weighted by Crippen LogP contribution is 2.29. The van der Waals surface area contributed by atoms with E-state index in [1.165, 1.54) is 5.56 Å². The van der Waals surface area contributed by atoms with Crippen molar-refractivity contribution in [2.24, 2.45) is 16.0 Å². The number of azide groups is 1. The van der Waals surface area contributed by atoms with E-state index in [1.807, 2.05) is 30.3 Å². The molecule has 0 aliphatic carbocycles. The second kappa shape index (κ2) is 12.6. The monoisotopic (exact) mass is 468 g/mol. The summed E-state index contributed by atoms with van der Waals surface area (Å²) >= 11 is 6.15. The molecule has 0 aromatic heterocycles.